The van der Waals surface area contributed by atoms with Crippen LogP contribution in [-0.4, -0.2) is 24.0 Å². The van der Waals surface area contributed by atoms with E-state index in [9.17, 15) is 4.79 Å². The Labute approximate surface area is 113 Å². The molecule has 0 spiro atoms. The molecule has 1 aromatic rings. The van der Waals surface area contributed by atoms with E-state index in [0.717, 1.165) is 11.3 Å². The van der Waals surface area contributed by atoms with Crippen molar-refractivity contribution in [3.8, 4) is 0 Å². The van der Waals surface area contributed by atoms with Gasteiger partial charge in [0.2, 0.25) is 0 Å². The molecule has 3 nitrogen and oxygen atoms in total. The first-order chi connectivity index (χ1) is 8.49. The smallest absolute Gasteiger partial charge is 0.321 e. The van der Waals surface area contributed by atoms with E-state index in [2.05, 4.69) is 12.2 Å². The van der Waals surface area contributed by atoms with Crippen molar-refractivity contribution in [2.24, 2.45) is 5.92 Å². The van der Waals surface area contributed by atoms with Crippen molar-refractivity contribution >= 4 is 23.3 Å². The lowest BCUT2D eigenvalue weighted by Gasteiger charge is -2.25. The van der Waals surface area contributed by atoms with Gasteiger partial charge in [-0.2, -0.15) is 0 Å². The van der Waals surface area contributed by atoms with Crippen LogP contribution in [0.3, 0.4) is 0 Å². The van der Waals surface area contributed by atoms with Crippen molar-refractivity contribution in [1.29, 1.82) is 0 Å². The van der Waals surface area contributed by atoms with Crippen LogP contribution in [0.1, 0.15) is 25.3 Å². The molecule has 1 aromatic carbocycles. The van der Waals surface area contributed by atoms with Crippen molar-refractivity contribution < 1.29 is 4.79 Å². The van der Waals surface area contributed by atoms with Crippen LogP contribution in [0.2, 0.25) is 5.02 Å². The fourth-order valence-electron chi connectivity index (χ4n) is 1.96. The van der Waals surface area contributed by atoms with E-state index >= 15 is 0 Å². The highest BCUT2D eigenvalue weighted by Crippen LogP contribution is 2.34. The van der Waals surface area contributed by atoms with Crippen molar-refractivity contribution in [3.05, 3.63) is 28.8 Å². The Morgan fingerprint density at radius 2 is 2.17 bits per heavy atom. The SMILES string of the molecule is Cc1ccc(NC(=O)N(C)C(C)C2CC2)cc1Cl. The Bertz CT molecular complexity index is 457. The van der Waals surface area contributed by atoms with Crippen LogP contribution < -0.4 is 5.32 Å². The number of nitrogens with one attached hydrogen (secondary N) is 1. The summed E-state index contributed by atoms with van der Waals surface area (Å²) in [4.78, 5) is 13.8. The number of nitrogens with zero attached hydrogens (tertiary/aromatic N) is 1. The molecule has 4 heteroatoms. The summed E-state index contributed by atoms with van der Waals surface area (Å²) >= 11 is 6.03. The van der Waals surface area contributed by atoms with Crippen LogP contribution >= 0.6 is 11.6 Å². The van der Waals surface area contributed by atoms with Gasteiger partial charge in [-0.05, 0) is 50.3 Å². The third-order valence-corrected chi connectivity index (χ3v) is 4.07. The molecule has 98 valence electrons. The number of hydrogen-bond donors (Lipinski definition) is 1. The summed E-state index contributed by atoms with van der Waals surface area (Å²) in [6.07, 6.45) is 2.46. The number of aryl methyl sites for hydroxylation is 1. The van der Waals surface area contributed by atoms with E-state index in [-0.39, 0.29) is 6.03 Å². The zero-order valence-electron chi connectivity index (χ0n) is 11.0. The van der Waals surface area contributed by atoms with Gasteiger partial charge in [0.1, 0.15) is 0 Å². The summed E-state index contributed by atoms with van der Waals surface area (Å²) < 4.78 is 0. The predicted octanol–water partition coefficient (Wildman–Crippen LogP) is 3.91. The Morgan fingerprint density at radius 3 is 2.72 bits per heavy atom. The molecule has 1 atom stereocenters. The number of hydrogen-bond acceptors (Lipinski definition) is 1. The molecule has 1 unspecified atom stereocenters. The van der Waals surface area contributed by atoms with Crippen LogP contribution in [0.5, 0.6) is 0 Å². The molecular formula is C14H19ClN2O. The van der Waals surface area contributed by atoms with Crippen LogP contribution in [0.25, 0.3) is 0 Å². The van der Waals surface area contributed by atoms with E-state index in [4.69, 9.17) is 11.6 Å². The number of halogens is 1. The number of anilines is 1. The molecule has 0 saturated heterocycles. The molecule has 2 rings (SSSR count). The fourth-order valence-corrected chi connectivity index (χ4v) is 2.14. The van der Waals surface area contributed by atoms with Gasteiger partial charge in [0, 0.05) is 23.8 Å². The molecule has 1 aliphatic carbocycles. The van der Waals surface area contributed by atoms with Gasteiger partial charge in [-0.15, -0.1) is 0 Å². The van der Waals surface area contributed by atoms with Gasteiger partial charge in [0.05, 0.1) is 0 Å². The maximum Gasteiger partial charge on any atom is 0.321 e. The monoisotopic (exact) mass is 266 g/mol. The first kappa shape index (κ1) is 13.2. The summed E-state index contributed by atoms with van der Waals surface area (Å²) in [5.74, 6) is 0.669. The maximum absolute atomic E-state index is 12.1. The minimum atomic E-state index is -0.0747. The Hall–Kier alpha value is -1.22. The van der Waals surface area contributed by atoms with Crippen molar-refractivity contribution in [1.82, 2.24) is 4.90 Å². The lowest BCUT2D eigenvalue weighted by molar-refractivity contribution is 0.201. The second-order valence-electron chi connectivity index (χ2n) is 5.08. The van der Waals surface area contributed by atoms with Gasteiger partial charge >= 0.3 is 6.03 Å². The van der Waals surface area contributed by atoms with Crippen molar-refractivity contribution in [3.63, 3.8) is 0 Å². The van der Waals surface area contributed by atoms with Gasteiger partial charge in [0.15, 0.2) is 0 Å². The second-order valence-corrected chi connectivity index (χ2v) is 5.49. The van der Waals surface area contributed by atoms with Crippen LogP contribution in [0.15, 0.2) is 18.2 Å². The Morgan fingerprint density at radius 1 is 1.50 bits per heavy atom. The fraction of sp³-hybridized carbons (Fsp3) is 0.500. The molecule has 2 amide bonds. The lowest BCUT2D eigenvalue weighted by Crippen LogP contribution is -2.39. The van der Waals surface area contributed by atoms with E-state index < -0.39 is 0 Å². The number of carbonyl (C=O) groups excluding carboxylic acids is 1. The number of urea groups is 1. The molecule has 0 heterocycles. The summed E-state index contributed by atoms with van der Waals surface area (Å²) in [5.41, 5.74) is 1.75. The van der Waals surface area contributed by atoms with Gasteiger partial charge in [-0.1, -0.05) is 17.7 Å². The molecule has 1 fully saturated rings. The van der Waals surface area contributed by atoms with Crippen molar-refractivity contribution in [2.75, 3.05) is 12.4 Å². The van der Waals surface area contributed by atoms with Crippen LogP contribution in [0.4, 0.5) is 10.5 Å². The first-order valence-corrected chi connectivity index (χ1v) is 6.67. The van der Waals surface area contributed by atoms with Gasteiger partial charge in [-0.25, -0.2) is 4.79 Å². The summed E-state index contributed by atoms with van der Waals surface area (Å²) in [7, 11) is 1.84. The number of benzene rings is 1. The number of amides is 2. The highest BCUT2D eigenvalue weighted by molar-refractivity contribution is 6.31. The summed E-state index contributed by atoms with van der Waals surface area (Å²) in [5, 5.41) is 3.55. The molecular weight excluding hydrogens is 248 g/mol. The highest BCUT2D eigenvalue weighted by Gasteiger charge is 2.32. The third kappa shape index (κ3) is 2.96. The van der Waals surface area contributed by atoms with Gasteiger partial charge in [0.25, 0.3) is 0 Å². The summed E-state index contributed by atoms with van der Waals surface area (Å²) in [6.45, 7) is 4.04. The average molecular weight is 267 g/mol. The van der Waals surface area contributed by atoms with Crippen LogP contribution in [0, 0.1) is 12.8 Å². The minimum Gasteiger partial charge on any atom is -0.325 e. The third-order valence-electron chi connectivity index (χ3n) is 3.66. The molecule has 1 aliphatic rings. The molecule has 0 aliphatic heterocycles. The van der Waals surface area contributed by atoms with Crippen molar-refractivity contribution in [2.45, 2.75) is 32.7 Å². The maximum atomic E-state index is 12.1. The lowest BCUT2D eigenvalue weighted by atomic mass is 10.2. The highest BCUT2D eigenvalue weighted by atomic mass is 35.5. The Kier molecular flexibility index (Phi) is 3.81. The normalized spacial score (nSPS) is 16.2. The minimum absolute atomic E-state index is 0.0747. The van der Waals surface area contributed by atoms with E-state index in [1.165, 1.54) is 12.8 Å². The standard InChI is InChI=1S/C14H19ClN2O/c1-9-4-7-12(8-13(9)15)16-14(18)17(3)10(2)11-5-6-11/h4,7-8,10-11H,5-6H2,1-3H3,(H,16,18). The van der Waals surface area contributed by atoms with Gasteiger partial charge < -0.3 is 10.2 Å². The largest absolute Gasteiger partial charge is 0.325 e. The Balaban J connectivity index is 1.99. The molecule has 18 heavy (non-hydrogen) atoms. The van der Waals surface area contributed by atoms with E-state index in [1.54, 1.807) is 11.0 Å². The molecule has 1 saturated carbocycles. The average Bonchev–Trinajstić information content (AvgIpc) is 3.16. The predicted molar refractivity (Wildman–Crippen MR) is 75.2 cm³/mol. The molecule has 1 N–H and O–H groups in total. The zero-order chi connectivity index (χ0) is 13.3. The topological polar surface area (TPSA) is 32.3 Å². The number of carbonyl (C=O) groups is 1. The van der Waals surface area contributed by atoms with Crippen LogP contribution in [-0.2, 0) is 0 Å². The second kappa shape index (κ2) is 5.19. The molecule has 0 bridgehead atoms. The first-order valence-electron chi connectivity index (χ1n) is 6.29. The number of rotatable bonds is 3. The summed E-state index contributed by atoms with van der Waals surface area (Å²) in [6, 6.07) is 5.78. The van der Waals surface area contributed by atoms with Gasteiger partial charge in [-0.3, -0.25) is 0 Å². The van der Waals surface area contributed by atoms with E-state index in [0.29, 0.717) is 17.0 Å². The zero-order valence-corrected chi connectivity index (χ0v) is 11.8. The molecule has 0 aromatic heterocycles. The van der Waals surface area contributed by atoms with E-state index in [1.807, 2.05) is 26.1 Å². The molecule has 0 radical (unpaired) electrons. The quantitative estimate of drug-likeness (QED) is 0.884.